The first-order chi connectivity index (χ1) is 11.2. The molecule has 1 aromatic heterocycles. The number of benzene rings is 3. The van der Waals surface area contributed by atoms with Crippen LogP contribution in [0.3, 0.4) is 0 Å². The topological polar surface area (TPSA) is 61.0 Å². The fourth-order valence-electron chi connectivity index (χ4n) is 2.88. The van der Waals surface area contributed by atoms with E-state index in [2.05, 4.69) is 35.3 Å². The van der Waals surface area contributed by atoms with Gasteiger partial charge in [-0.1, -0.05) is 42.5 Å². The molecule has 0 aliphatic carbocycles. The van der Waals surface area contributed by atoms with Crippen LogP contribution in [0.4, 0.5) is 5.69 Å². The van der Waals surface area contributed by atoms with E-state index in [0.717, 1.165) is 11.1 Å². The number of para-hydroxylation sites is 1. The minimum Gasteiger partial charge on any atom is -0.326 e. The van der Waals surface area contributed by atoms with Crippen LogP contribution >= 0.6 is 0 Å². The van der Waals surface area contributed by atoms with Gasteiger partial charge in [-0.05, 0) is 28.5 Å². The Labute approximate surface area is 132 Å². The van der Waals surface area contributed by atoms with Gasteiger partial charge >= 0.3 is 0 Å². The molecule has 0 unspecified atom stereocenters. The molecule has 0 bridgehead atoms. The summed E-state index contributed by atoms with van der Waals surface area (Å²) in [5.74, 6) is 0. The molecule has 4 aromatic rings. The van der Waals surface area contributed by atoms with Crippen molar-refractivity contribution in [1.29, 1.82) is 0 Å². The molecule has 0 atom stereocenters. The molecule has 5 nitrogen and oxygen atoms in total. The van der Waals surface area contributed by atoms with Gasteiger partial charge in [0.25, 0.3) is 5.69 Å². The van der Waals surface area contributed by atoms with Gasteiger partial charge in [-0.2, -0.15) is 0 Å². The summed E-state index contributed by atoms with van der Waals surface area (Å²) >= 11 is 0. The number of aromatic nitrogens is 2. The quantitative estimate of drug-likeness (QED) is 0.422. The van der Waals surface area contributed by atoms with E-state index in [1.807, 2.05) is 22.8 Å². The van der Waals surface area contributed by atoms with Crippen LogP contribution in [0, 0.1) is 10.1 Å². The van der Waals surface area contributed by atoms with Crippen LogP contribution in [0.25, 0.3) is 21.8 Å². The Kier molecular flexibility index (Phi) is 3.05. The van der Waals surface area contributed by atoms with E-state index >= 15 is 0 Å². The van der Waals surface area contributed by atoms with Crippen LogP contribution in [-0.4, -0.2) is 14.5 Å². The van der Waals surface area contributed by atoms with E-state index in [1.54, 1.807) is 12.4 Å². The highest BCUT2D eigenvalue weighted by atomic mass is 16.6. The van der Waals surface area contributed by atoms with Crippen LogP contribution in [0.5, 0.6) is 0 Å². The minimum absolute atomic E-state index is 0.0414. The molecule has 0 spiro atoms. The van der Waals surface area contributed by atoms with Crippen molar-refractivity contribution in [2.45, 2.75) is 6.54 Å². The van der Waals surface area contributed by atoms with Gasteiger partial charge in [0.05, 0.1) is 16.8 Å². The zero-order chi connectivity index (χ0) is 15.8. The Morgan fingerprint density at radius 2 is 1.83 bits per heavy atom. The normalized spacial score (nSPS) is 11.1. The molecule has 0 N–H and O–H groups in total. The minimum atomic E-state index is -0.393. The zero-order valence-corrected chi connectivity index (χ0v) is 12.2. The van der Waals surface area contributed by atoms with E-state index in [9.17, 15) is 10.1 Å². The molecule has 5 heteroatoms. The van der Waals surface area contributed by atoms with Gasteiger partial charge in [0, 0.05) is 12.6 Å². The average Bonchev–Trinajstić information content (AvgIpc) is 2.97. The average molecular weight is 303 g/mol. The number of non-ortho nitro benzene ring substituents is 1. The van der Waals surface area contributed by atoms with Gasteiger partial charge in [0.1, 0.15) is 0 Å². The third-order valence-electron chi connectivity index (χ3n) is 3.99. The second-order valence-corrected chi connectivity index (χ2v) is 5.46. The molecule has 0 aliphatic heterocycles. The van der Waals surface area contributed by atoms with Gasteiger partial charge in [-0.25, -0.2) is 4.98 Å². The lowest BCUT2D eigenvalue weighted by Crippen LogP contribution is -1.98. The summed E-state index contributed by atoms with van der Waals surface area (Å²) in [4.78, 5) is 14.9. The molecule has 3 aromatic carbocycles. The Bertz CT molecular complexity index is 1040. The molecule has 23 heavy (non-hydrogen) atoms. The predicted octanol–water partition coefficient (Wildman–Crippen LogP) is 4.15. The lowest BCUT2D eigenvalue weighted by molar-refractivity contribution is -0.383. The van der Waals surface area contributed by atoms with E-state index in [1.165, 1.54) is 16.8 Å². The number of hydrogen-bond donors (Lipinski definition) is 0. The predicted molar refractivity (Wildman–Crippen MR) is 89.4 cm³/mol. The molecule has 0 saturated heterocycles. The van der Waals surface area contributed by atoms with Crippen molar-refractivity contribution in [2.75, 3.05) is 0 Å². The van der Waals surface area contributed by atoms with Crippen molar-refractivity contribution in [3.8, 4) is 0 Å². The third kappa shape index (κ3) is 2.32. The van der Waals surface area contributed by atoms with Crippen molar-refractivity contribution in [3.63, 3.8) is 0 Å². The molecular formula is C18H13N3O2. The maximum absolute atomic E-state index is 11.1. The highest BCUT2D eigenvalue weighted by Crippen LogP contribution is 2.25. The third-order valence-corrected chi connectivity index (χ3v) is 3.99. The highest BCUT2D eigenvalue weighted by Gasteiger charge is 2.15. The van der Waals surface area contributed by atoms with Crippen LogP contribution < -0.4 is 0 Å². The largest absolute Gasteiger partial charge is 0.326 e. The van der Waals surface area contributed by atoms with E-state index < -0.39 is 4.92 Å². The number of hydrogen-bond acceptors (Lipinski definition) is 3. The van der Waals surface area contributed by atoms with Gasteiger partial charge < -0.3 is 4.57 Å². The zero-order valence-electron chi connectivity index (χ0n) is 12.2. The number of fused-ring (bicyclic) bond motifs is 2. The molecule has 0 saturated carbocycles. The summed E-state index contributed by atoms with van der Waals surface area (Å²) < 4.78 is 1.94. The molecule has 0 radical (unpaired) electrons. The van der Waals surface area contributed by atoms with E-state index in [0.29, 0.717) is 12.1 Å². The number of rotatable bonds is 3. The fourth-order valence-corrected chi connectivity index (χ4v) is 2.88. The Morgan fingerprint density at radius 3 is 2.65 bits per heavy atom. The SMILES string of the molecule is O=[N+]([O-])c1cccc2c1ncn2Cc1ccc2ccccc2c1. The second kappa shape index (κ2) is 5.21. The van der Waals surface area contributed by atoms with Crippen molar-refractivity contribution in [2.24, 2.45) is 0 Å². The molecule has 112 valence electrons. The lowest BCUT2D eigenvalue weighted by Gasteiger charge is -2.06. The summed E-state index contributed by atoms with van der Waals surface area (Å²) in [6.07, 6.45) is 1.66. The molecule has 4 rings (SSSR count). The van der Waals surface area contributed by atoms with Crippen molar-refractivity contribution in [1.82, 2.24) is 9.55 Å². The molecular weight excluding hydrogens is 290 g/mol. The van der Waals surface area contributed by atoms with Gasteiger partial charge in [-0.15, -0.1) is 0 Å². The fraction of sp³-hybridized carbons (Fsp3) is 0.0556. The van der Waals surface area contributed by atoms with Crippen LogP contribution in [0.15, 0.2) is 67.0 Å². The lowest BCUT2D eigenvalue weighted by atomic mass is 10.1. The van der Waals surface area contributed by atoms with E-state index in [4.69, 9.17) is 0 Å². The second-order valence-electron chi connectivity index (χ2n) is 5.46. The standard InChI is InChI=1S/C18H13N3O2/c22-21(23)17-7-3-6-16-18(17)19-12-20(16)11-13-8-9-14-4-1-2-5-15(14)10-13/h1-10,12H,11H2. The maximum Gasteiger partial charge on any atom is 0.297 e. The summed E-state index contributed by atoms with van der Waals surface area (Å²) in [7, 11) is 0. The molecule has 0 aliphatic rings. The van der Waals surface area contributed by atoms with Crippen molar-refractivity contribution in [3.05, 3.63) is 82.7 Å². The Morgan fingerprint density at radius 1 is 1.00 bits per heavy atom. The van der Waals surface area contributed by atoms with Crippen molar-refractivity contribution >= 4 is 27.5 Å². The number of imidazole rings is 1. The van der Waals surface area contributed by atoms with E-state index in [-0.39, 0.29) is 5.69 Å². The first kappa shape index (κ1) is 13.5. The van der Waals surface area contributed by atoms with Gasteiger partial charge in [0.15, 0.2) is 5.52 Å². The summed E-state index contributed by atoms with van der Waals surface area (Å²) in [6, 6.07) is 19.5. The van der Waals surface area contributed by atoms with Crippen LogP contribution in [-0.2, 0) is 6.54 Å². The number of nitro benzene ring substituents is 1. The summed E-state index contributed by atoms with van der Waals surface area (Å²) in [6.45, 7) is 0.627. The molecule has 0 amide bonds. The monoisotopic (exact) mass is 303 g/mol. The smallest absolute Gasteiger partial charge is 0.297 e. The number of nitrogens with zero attached hydrogens (tertiary/aromatic N) is 3. The van der Waals surface area contributed by atoms with Crippen molar-refractivity contribution < 1.29 is 4.92 Å². The maximum atomic E-state index is 11.1. The van der Waals surface area contributed by atoms with Gasteiger partial charge in [-0.3, -0.25) is 10.1 Å². The number of nitro groups is 1. The molecule has 0 fully saturated rings. The highest BCUT2D eigenvalue weighted by molar-refractivity contribution is 5.85. The van der Waals surface area contributed by atoms with Crippen LogP contribution in [0.1, 0.15) is 5.56 Å². The Balaban J connectivity index is 1.77. The first-order valence-corrected chi connectivity index (χ1v) is 7.28. The van der Waals surface area contributed by atoms with Gasteiger partial charge in [0.2, 0.25) is 0 Å². The summed E-state index contributed by atoms with van der Waals surface area (Å²) in [5.41, 5.74) is 2.37. The Hall–Kier alpha value is -3.21. The first-order valence-electron chi connectivity index (χ1n) is 7.28. The van der Waals surface area contributed by atoms with Crippen LogP contribution in [0.2, 0.25) is 0 Å². The molecule has 1 heterocycles. The summed E-state index contributed by atoms with van der Waals surface area (Å²) in [5, 5.41) is 13.5.